The van der Waals surface area contributed by atoms with Crippen molar-refractivity contribution in [2.75, 3.05) is 43.0 Å². The normalized spacial score (nSPS) is 13.7. The molecule has 1 heterocycles. The molecule has 8 nitrogen and oxygen atoms in total. The Morgan fingerprint density at radius 2 is 1.77 bits per heavy atom. The maximum Gasteiger partial charge on any atom is 0.409 e. The molecule has 2 N–H and O–H groups in total. The number of aryl methyl sites for hydroxylation is 1. The Balaban J connectivity index is 1.83. The van der Waals surface area contributed by atoms with Gasteiger partial charge in [-0.2, -0.15) is 0 Å². The van der Waals surface area contributed by atoms with Crippen molar-refractivity contribution >= 4 is 29.3 Å². The molecule has 0 bridgehead atoms. The van der Waals surface area contributed by atoms with Crippen LogP contribution in [0.5, 0.6) is 0 Å². The van der Waals surface area contributed by atoms with Crippen LogP contribution in [0, 0.1) is 6.92 Å². The fourth-order valence-electron chi connectivity index (χ4n) is 3.41. The first-order valence-corrected chi connectivity index (χ1v) is 9.81. The third-order valence-electron chi connectivity index (χ3n) is 5.03. The first-order chi connectivity index (χ1) is 14.4. The maximum absolute atomic E-state index is 12.8. The Labute approximate surface area is 175 Å². The number of rotatable bonds is 5. The molecule has 0 spiro atoms. The smallest absolute Gasteiger partial charge is 0.409 e. The first kappa shape index (κ1) is 21.2. The molecule has 2 aromatic rings. The molecule has 1 aliphatic heterocycles. The second-order valence-corrected chi connectivity index (χ2v) is 6.98. The predicted molar refractivity (Wildman–Crippen MR) is 113 cm³/mol. The maximum atomic E-state index is 12.8. The number of ether oxygens (including phenoxy) is 1. The number of carboxylic acid groups (broad SMARTS) is 1. The van der Waals surface area contributed by atoms with Crippen molar-refractivity contribution in [3.63, 3.8) is 0 Å². The summed E-state index contributed by atoms with van der Waals surface area (Å²) >= 11 is 0. The zero-order valence-corrected chi connectivity index (χ0v) is 17.1. The summed E-state index contributed by atoms with van der Waals surface area (Å²) in [5, 5.41) is 12.2. The summed E-state index contributed by atoms with van der Waals surface area (Å²) in [5.41, 5.74) is 2.58. The minimum atomic E-state index is -1.07. The van der Waals surface area contributed by atoms with Gasteiger partial charge in [0, 0.05) is 31.7 Å². The molecule has 0 aliphatic carbocycles. The Morgan fingerprint density at radius 3 is 2.40 bits per heavy atom. The zero-order valence-electron chi connectivity index (χ0n) is 17.1. The summed E-state index contributed by atoms with van der Waals surface area (Å²) in [6, 6.07) is 11.9. The van der Waals surface area contributed by atoms with Crippen LogP contribution < -0.4 is 10.2 Å². The Bertz CT molecular complexity index is 952. The Morgan fingerprint density at radius 1 is 1.07 bits per heavy atom. The van der Waals surface area contributed by atoms with Crippen LogP contribution in [-0.4, -0.2) is 60.8 Å². The molecule has 8 heteroatoms. The van der Waals surface area contributed by atoms with Crippen molar-refractivity contribution in [2.45, 2.75) is 13.8 Å². The van der Waals surface area contributed by atoms with Crippen molar-refractivity contribution in [3.8, 4) is 0 Å². The molecule has 0 saturated carbocycles. The molecule has 1 saturated heterocycles. The molecule has 0 radical (unpaired) electrons. The number of carbonyl (C=O) groups excluding carboxylic acids is 2. The molecular formula is C22H25N3O5. The van der Waals surface area contributed by atoms with E-state index in [1.807, 2.05) is 24.0 Å². The van der Waals surface area contributed by atoms with Gasteiger partial charge in [-0.1, -0.05) is 18.2 Å². The van der Waals surface area contributed by atoms with Gasteiger partial charge in [0.25, 0.3) is 5.91 Å². The third kappa shape index (κ3) is 4.71. The van der Waals surface area contributed by atoms with E-state index in [1.165, 1.54) is 12.1 Å². The molecule has 2 amide bonds. The molecule has 1 aliphatic rings. The molecule has 0 aromatic heterocycles. The van der Waals surface area contributed by atoms with Gasteiger partial charge in [-0.25, -0.2) is 9.59 Å². The Hall–Kier alpha value is -3.55. The van der Waals surface area contributed by atoms with Crippen molar-refractivity contribution in [3.05, 3.63) is 59.2 Å². The van der Waals surface area contributed by atoms with E-state index in [0.717, 1.165) is 5.56 Å². The highest BCUT2D eigenvalue weighted by atomic mass is 16.6. The van der Waals surface area contributed by atoms with E-state index in [-0.39, 0.29) is 17.6 Å². The zero-order chi connectivity index (χ0) is 21.7. The number of amides is 2. The summed E-state index contributed by atoms with van der Waals surface area (Å²) in [5.74, 6) is -1.37. The van der Waals surface area contributed by atoms with Crippen LogP contribution in [0.1, 0.15) is 33.2 Å². The van der Waals surface area contributed by atoms with Crippen LogP contribution in [0.3, 0.4) is 0 Å². The van der Waals surface area contributed by atoms with E-state index in [0.29, 0.717) is 49.7 Å². The molecule has 0 atom stereocenters. The summed E-state index contributed by atoms with van der Waals surface area (Å²) in [7, 11) is 0. The van der Waals surface area contributed by atoms with Crippen molar-refractivity contribution in [1.82, 2.24) is 4.90 Å². The number of nitrogens with one attached hydrogen (secondary N) is 1. The van der Waals surface area contributed by atoms with Gasteiger partial charge in [0.05, 0.1) is 23.5 Å². The molecule has 3 rings (SSSR count). The van der Waals surface area contributed by atoms with E-state index < -0.39 is 5.97 Å². The molecular weight excluding hydrogens is 386 g/mol. The number of hydrogen-bond donors (Lipinski definition) is 2. The third-order valence-corrected chi connectivity index (χ3v) is 5.03. The highest BCUT2D eigenvalue weighted by Crippen LogP contribution is 2.29. The number of benzene rings is 2. The SMILES string of the molecule is CCOC(=O)N1CCN(c2ccc(C(=O)O)cc2NC(=O)c2ccccc2C)CC1. The monoisotopic (exact) mass is 411 g/mol. The van der Waals surface area contributed by atoms with E-state index in [2.05, 4.69) is 5.32 Å². The van der Waals surface area contributed by atoms with Crippen molar-refractivity contribution in [2.24, 2.45) is 0 Å². The number of anilines is 2. The molecule has 1 fully saturated rings. The predicted octanol–water partition coefficient (Wildman–Crippen LogP) is 3.22. The number of carbonyl (C=O) groups is 3. The van der Waals surface area contributed by atoms with Gasteiger partial charge in [0.15, 0.2) is 0 Å². The number of carboxylic acids is 1. The fourth-order valence-corrected chi connectivity index (χ4v) is 3.41. The number of nitrogens with zero attached hydrogens (tertiary/aromatic N) is 2. The van der Waals surface area contributed by atoms with Gasteiger partial charge >= 0.3 is 12.1 Å². The Kier molecular flexibility index (Phi) is 6.56. The van der Waals surface area contributed by atoms with Crippen LogP contribution in [0.4, 0.5) is 16.2 Å². The summed E-state index contributed by atoms with van der Waals surface area (Å²) in [6.45, 7) is 5.97. The average Bonchev–Trinajstić information content (AvgIpc) is 2.74. The first-order valence-electron chi connectivity index (χ1n) is 9.81. The fraction of sp³-hybridized carbons (Fsp3) is 0.318. The van der Waals surface area contributed by atoms with Gasteiger partial charge in [0.2, 0.25) is 0 Å². The lowest BCUT2D eigenvalue weighted by Crippen LogP contribution is -2.49. The lowest BCUT2D eigenvalue weighted by Gasteiger charge is -2.36. The highest BCUT2D eigenvalue weighted by Gasteiger charge is 2.24. The minimum absolute atomic E-state index is 0.0870. The van der Waals surface area contributed by atoms with Crippen LogP contribution in [0.2, 0.25) is 0 Å². The van der Waals surface area contributed by atoms with Crippen LogP contribution in [-0.2, 0) is 4.74 Å². The topological polar surface area (TPSA) is 99.2 Å². The molecule has 0 unspecified atom stereocenters. The van der Waals surface area contributed by atoms with Crippen LogP contribution in [0.25, 0.3) is 0 Å². The molecule has 2 aromatic carbocycles. The van der Waals surface area contributed by atoms with E-state index >= 15 is 0 Å². The average molecular weight is 411 g/mol. The molecule has 158 valence electrons. The second-order valence-electron chi connectivity index (χ2n) is 6.98. The van der Waals surface area contributed by atoms with Crippen LogP contribution >= 0.6 is 0 Å². The number of aromatic carboxylic acids is 1. The summed E-state index contributed by atoms with van der Waals surface area (Å²) in [4.78, 5) is 39.8. The van der Waals surface area contributed by atoms with Crippen molar-refractivity contribution < 1.29 is 24.2 Å². The van der Waals surface area contributed by atoms with Gasteiger partial charge in [-0.05, 0) is 43.7 Å². The second kappa shape index (κ2) is 9.30. The quantitative estimate of drug-likeness (QED) is 0.784. The van der Waals surface area contributed by atoms with Crippen molar-refractivity contribution in [1.29, 1.82) is 0 Å². The standard InChI is InChI=1S/C22H25N3O5/c1-3-30-22(29)25-12-10-24(11-13-25)19-9-8-16(21(27)28)14-18(19)23-20(26)17-7-5-4-6-15(17)2/h4-9,14H,3,10-13H2,1-2H3,(H,23,26)(H,27,28). The lowest BCUT2D eigenvalue weighted by atomic mass is 10.1. The van der Waals surface area contributed by atoms with E-state index in [9.17, 15) is 19.5 Å². The lowest BCUT2D eigenvalue weighted by molar-refractivity contribution is 0.0696. The van der Waals surface area contributed by atoms with Gasteiger partial charge < -0.3 is 25.0 Å². The largest absolute Gasteiger partial charge is 0.478 e. The van der Waals surface area contributed by atoms with E-state index in [4.69, 9.17) is 4.74 Å². The van der Waals surface area contributed by atoms with Gasteiger partial charge in [-0.15, -0.1) is 0 Å². The number of hydrogen-bond acceptors (Lipinski definition) is 5. The summed E-state index contributed by atoms with van der Waals surface area (Å²) < 4.78 is 5.05. The summed E-state index contributed by atoms with van der Waals surface area (Å²) in [6.07, 6.45) is -0.341. The molecule has 30 heavy (non-hydrogen) atoms. The van der Waals surface area contributed by atoms with Gasteiger partial charge in [0.1, 0.15) is 0 Å². The van der Waals surface area contributed by atoms with Gasteiger partial charge in [-0.3, -0.25) is 4.79 Å². The van der Waals surface area contributed by atoms with Crippen LogP contribution in [0.15, 0.2) is 42.5 Å². The number of piperazine rings is 1. The minimum Gasteiger partial charge on any atom is -0.478 e. The van der Waals surface area contributed by atoms with E-state index in [1.54, 1.807) is 30.0 Å². The highest BCUT2D eigenvalue weighted by molar-refractivity contribution is 6.07.